The molecule has 1 saturated heterocycles. The molecule has 6 nitrogen and oxygen atoms in total. The Labute approximate surface area is 188 Å². The summed E-state index contributed by atoms with van der Waals surface area (Å²) in [5.41, 5.74) is 2.03. The minimum atomic E-state index is -0.462. The summed E-state index contributed by atoms with van der Waals surface area (Å²) in [6.07, 6.45) is 4.42. The molecule has 3 heterocycles. The largest absolute Gasteiger partial charge is 0.488 e. The van der Waals surface area contributed by atoms with Crippen molar-refractivity contribution in [3.05, 3.63) is 65.2 Å². The molecule has 3 aliphatic heterocycles. The zero-order valence-corrected chi connectivity index (χ0v) is 18.3. The lowest BCUT2D eigenvalue weighted by molar-refractivity contribution is -0.130. The number of rotatable bonds is 3. The highest BCUT2D eigenvalue weighted by molar-refractivity contribution is 5.99. The molecule has 2 aromatic carbocycles. The molecule has 1 spiro atoms. The van der Waals surface area contributed by atoms with E-state index in [-0.39, 0.29) is 24.5 Å². The third-order valence-corrected chi connectivity index (χ3v) is 6.79. The molecule has 2 aromatic rings. The van der Waals surface area contributed by atoms with Crippen LogP contribution in [-0.2, 0) is 9.59 Å². The van der Waals surface area contributed by atoms with Gasteiger partial charge in [0.1, 0.15) is 23.7 Å². The Morgan fingerprint density at radius 3 is 2.75 bits per heavy atom. The van der Waals surface area contributed by atoms with Crippen molar-refractivity contribution >= 4 is 17.9 Å². The van der Waals surface area contributed by atoms with Crippen molar-refractivity contribution in [2.75, 3.05) is 19.7 Å². The maximum absolute atomic E-state index is 13.2. The number of carbonyl (C=O) groups is 2. The third kappa shape index (κ3) is 3.85. The summed E-state index contributed by atoms with van der Waals surface area (Å²) >= 11 is 0. The smallest absolute Gasteiger partial charge is 0.251 e. The highest BCUT2D eigenvalue weighted by atomic mass is 16.5. The van der Waals surface area contributed by atoms with Crippen molar-refractivity contribution in [1.29, 1.82) is 0 Å². The van der Waals surface area contributed by atoms with E-state index >= 15 is 0 Å². The summed E-state index contributed by atoms with van der Waals surface area (Å²) < 4.78 is 12.3. The van der Waals surface area contributed by atoms with Crippen molar-refractivity contribution in [1.82, 2.24) is 10.2 Å². The Morgan fingerprint density at radius 2 is 1.91 bits per heavy atom. The zero-order valence-electron chi connectivity index (χ0n) is 18.3. The SMILES string of the molecule is CCN1CC[C@@]2(CCC1=O)C[C@H](NC(=O)C1=Cc3ccccc3OC1)c1ccccc1O2. The van der Waals surface area contributed by atoms with Gasteiger partial charge in [-0.15, -0.1) is 0 Å². The molecule has 0 aromatic heterocycles. The first-order valence-electron chi connectivity index (χ1n) is 11.4. The normalized spacial score (nSPS) is 24.4. The number of nitrogens with zero attached hydrogens (tertiary/aromatic N) is 1. The topological polar surface area (TPSA) is 67.9 Å². The van der Waals surface area contributed by atoms with Gasteiger partial charge in [0.15, 0.2) is 0 Å². The molecule has 3 aliphatic rings. The quantitative estimate of drug-likeness (QED) is 0.800. The molecule has 0 unspecified atom stereocenters. The van der Waals surface area contributed by atoms with E-state index in [9.17, 15) is 9.59 Å². The molecule has 0 bridgehead atoms. The van der Waals surface area contributed by atoms with Gasteiger partial charge in [0.25, 0.3) is 5.91 Å². The highest BCUT2D eigenvalue weighted by Gasteiger charge is 2.43. The Morgan fingerprint density at radius 1 is 1.12 bits per heavy atom. The first-order valence-corrected chi connectivity index (χ1v) is 11.4. The zero-order chi connectivity index (χ0) is 22.1. The number of benzene rings is 2. The van der Waals surface area contributed by atoms with Crippen molar-refractivity contribution in [2.24, 2.45) is 0 Å². The van der Waals surface area contributed by atoms with E-state index < -0.39 is 5.60 Å². The van der Waals surface area contributed by atoms with Gasteiger partial charge < -0.3 is 19.7 Å². The van der Waals surface area contributed by atoms with E-state index in [4.69, 9.17) is 9.47 Å². The van der Waals surface area contributed by atoms with E-state index in [1.807, 2.05) is 66.4 Å². The number of likely N-dealkylation sites (tertiary alicyclic amines) is 1. The molecule has 5 rings (SSSR count). The monoisotopic (exact) mass is 432 g/mol. The molecule has 6 heteroatoms. The Hall–Kier alpha value is -3.28. The van der Waals surface area contributed by atoms with Crippen LogP contribution in [0.3, 0.4) is 0 Å². The summed E-state index contributed by atoms with van der Waals surface area (Å²) in [5, 5.41) is 3.24. The highest BCUT2D eigenvalue weighted by Crippen LogP contribution is 2.44. The lowest BCUT2D eigenvalue weighted by Gasteiger charge is -2.42. The first-order chi connectivity index (χ1) is 15.6. The van der Waals surface area contributed by atoms with Crippen LogP contribution in [0.5, 0.6) is 11.5 Å². The van der Waals surface area contributed by atoms with Crippen molar-refractivity contribution in [2.45, 2.75) is 44.2 Å². The van der Waals surface area contributed by atoms with Gasteiger partial charge in [0.2, 0.25) is 5.91 Å². The molecule has 1 fully saturated rings. The van der Waals surface area contributed by atoms with Gasteiger partial charge in [-0.25, -0.2) is 0 Å². The Bertz CT molecular complexity index is 1080. The average Bonchev–Trinajstić information content (AvgIpc) is 2.97. The predicted octanol–water partition coefficient (Wildman–Crippen LogP) is 3.87. The van der Waals surface area contributed by atoms with Crippen LogP contribution in [0, 0.1) is 0 Å². The predicted molar refractivity (Wildman–Crippen MR) is 121 cm³/mol. The molecule has 0 saturated carbocycles. The van der Waals surface area contributed by atoms with Crippen molar-refractivity contribution in [3.8, 4) is 11.5 Å². The van der Waals surface area contributed by atoms with E-state index in [0.29, 0.717) is 37.9 Å². The van der Waals surface area contributed by atoms with Crippen LogP contribution in [0.25, 0.3) is 6.08 Å². The lowest BCUT2D eigenvalue weighted by atomic mass is 9.82. The van der Waals surface area contributed by atoms with E-state index in [2.05, 4.69) is 5.32 Å². The molecular formula is C26H28N2O4. The molecule has 1 N–H and O–H groups in total. The minimum Gasteiger partial charge on any atom is -0.488 e. The maximum Gasteiger partial charge on any atom is 0.251 e. The number of amides is 2. The van der Waals surface area contributed by atoms with Gasteiger partial charge in [-0.3, -0.25) is 9.59 Å². The lowest BCUT2D eigenvalue weighted by Crippen LogP contribution is -2.46. The Kier molecular flexibility index (Phi) is 5.37. The molecule has 166 valence electrons. The van der Waals surface area contributed by atoms with Gasteiger partial charge in [-0.2, -0.15) is 0 Å². The number of fused-ring (bicyclic) bond motifs is 2. The number of hydrogen-bond acceptors (Lipinski definition) is 4. The Balaban J connectivity index is 1.40. The number of nitrogens with one attached hydrogen (secondary N) is 1. The fourth-order valence-corrected chi connectivity index (χ4v) is 4.97. The van der Waals surface area contributed by atoms with Crippen molar-refractivity contribution in [3.63, 3.8) is 0 Å². The number of carbonyl (C=O) groups excluding carboxylic acids is 2. The number of para-hydroxylation sites is 2. The number of ether oxygens (including phenoxy) is 2. The van der Waals surface area contributed by atoms with Gasteiger partial charge >= 0.3 is 0 Å². The van der Waals surface area contributed by atoms with E-state index in [1.165, 1.54) is 0 Å². The van der Waals surface area contributed by atoms with Crippen LogP contribution >= 0.6 is 0 Å². The molecule has 0 radical (unpaired) electrons. The van der Waals surface area contributed by atoms with Gasteiger partial charge in [-0.1, -0.05) is 36.4 Å². The number of hydrogen-bond donors (Lipinski definition) is 1. The van der Waals surface area contributed by atoms with E-state index in [0.717, 1.165) is 29.0 Å². The van der Waals surface area contributed by atoms with Crippen LogP contribution in [0.2, 0.25) is 0 Å². The second-order valence-corrected chi connectivity index (χ2v) is 8.77. The summed E-state index contributed by atoms with van der Waals surface area (Å²) in [4.78, 5) is 27.6. The maximum atomic E-state index is 13.2. The fourth-order valence-electron chi connectivity index (χ4n) is 4.97. The molecule has 2 amide bonds. The summed E-state index contributed by atoms with van der Waals surface area (Å²) in [5.74, 6) is 1.63. The van der Waals surface area contributed by atoms with Crippen LogP contribution in [-0.4, -0.2) is 42.0 Å². The van der Waals surface area contributed by atoms with Crippen molar-refractivity contribution < 1.29 is 19.1 Å². The van der Waals surface area contributed by atoms with Gasteiger partial charge in [0, 0.05) is 43.5 Å². The van der Waals surface area contributed by atoms with Crippen LogP contribution in [0.4, 0.5) is 0 Å². The molecule has 32 heavy (non-hydrogen) atoms. The van der Waals surface area contributed by atoms with Gasteiger partial charge in [0.05, 0.1) is 11.6 Å². The van der Waals surface area contributed by atoms with Gasteiger partial charge in [-0.05, 0) is 31.6 Å². The standard InChI is InChI=1S/C26H28N2O4/c1-2-28-14-13-26(12-11-24(28)29)16-21(20-8-4-6-10-23(20)32-26)27-25(30)19-15-18-7-3-5-9-22(18)31-17-19/h3-10,15,21H,2,11-14,16-17H2,1H3,(H,27,30)/t21-,26-/m0/s1. The van der Waals surface area contributed by atoms with E-state index in [1.54, 1.807) is 0 Å². The second-order valence-electron chi connectivity index (χ2n) is 8.77. The summed E-state index contributed by atoms with van der Waals surface area (Å²) in [7, 11) is 0. The van der Waals surface area contributed by atoms with Crippen LogP contribution in [0.15, 0.2) is 54.1 Å². The fraction of sp³-hybridized carbons (Fsp3) is 0.385. The third-order valence-electron chi connectivity index (χ3n) is 6.79. The molecular weight excluding hydrogens is 404 g/mol. The summed E-state index contributed by atoms with van der Waals surface area (Å²) in [6, 6.07) is 15.4. The molecule has 2 atom stereocenters. The second kappa shape index (κ2) is 8.34. The average molecular weight is 433 g/mol. The first kappa shape index (κ1) is 20.6. The van der Waals surface area contributed by atoms with Crippen LogP contribution < -0.4 is 14.8 Å². The minimum absolute atomic E-state index is 0.128. The van der Waals surface area contributed by atoms with Crippen LogP contribution in [0.1, 0.15) is 49.8 Å². The summed E-state index contributed by atoms with van der Waals surface area (Å²) in [6.45, 7) is 3.64. The molecule has 0 aliphatic carbocycles.